The van der Waals surface area contributed by atoms with E-state index in [2.05, 4.69) is 15.4 Å². The number of hydrogen-bond donors (Lipinski definition) is 2. The smallest absolute Gasteiger partial charge is 0.259 e. The summed E-state index contributed by atoms with van der Waals surface area (Å²) in [6, 6.07) is 8.72. The summed E-state index contributed by atoms with van der Waals surface area (Å²) in [7, 11) is 1.48. The molecule has 4 aromatic rings. The number of nitrogens with zero attached hydrogens (tertiary/aromatic N) is 2. The number of para-hydroxylation sites is 1. The van der Waals surface area contributed by atoms with Crippen LogP contribution in [0.15, 0.2) is 53.5 Å². The Kier molecular flexibility index (Phi) is 4.86. The molecule has 0 saturated heterocycles. The number of H-pyrrole nitrogens is 1. The zero-order valence-corrected chi connectivity index (χ0v) is 15.7. The predicted molar refractivity (Wildman–Crippen MR) is 105 cm³/mol. The lowest BCUT2D eigenvalue weighted by Crippen LogP contribution is -2.19. The molecule has 1 amide bonds. The fourth-order valence-corrected chi connectivity index (χ4v) is 3.27. The molecular weight excluding hydrogens is 397 g/mol. The van der Waals surface area contributed by atoms with Crippen LogP contribution in [0.5, 0.6) is 0 Å². The van der Waals surface area contributed by atoms with E-state index in [0.717, 1.165) is 22.9 Å². The number of carbonyl (C=O) groups excluding carboxylic acids is 1. The van der Waals surface area contributed by atoms with Gasteiger partial charge in [0.25, 0.3) is 5.56 Å². The van der Waals surface area contributed by atoms with E-state index in [1.807, 2.05) is 0 Å². The highest BCUT2D eigenvalue weighted by Gasteiger charge is 2.22. The Morgan fingerprint density at radius 2 is 1.83 bits per heavy atom. The molecule has 0 saturated carbocycles. The van der Waals surface area contributed by atoms with E-state index in [-0.39, 0.29) is 34.5 Å². The highest BCUT2D eigenvalue weighted by atomic mass is 19.1. The molecule has 0 aliphatic carbocycles. The van der Waals surface area contributed by atoms with Crippen molar-refractivity contribution in [1.82, 2.24) is 20.1 Å². The molecular formula is C21H15F3N4O2. The van der Waals surface area contributed by atoms with E-state index < -0.39 is 28.7 Å². The molecule has 2 heterocycles. The first-order chi connectivity index (χ1) is 14.4. The largest absolute Gasteiger partial charge is 0.359 e. The SMILES string of the molecule is CNC(=O)Cc1ccc(F)c(-c2nn(-c3c(F)cccc3F)c3cc[nH]c(=O)c23)c1. The lowest BCUT2D eigenvalue weighted by molar-refractivity contribution is -0.119. The number of likely N-dealkylation sites (N-methyl/N-ethyl adjacent to an activating group) is 1. The first-order valence-corrected chi connectivity index (χ1v) is 8.95. The average Bonchev–Trinajstić information content (AvgIpc) is 3.10. The van der Waals surface area contributed by atoms with E-state index >= 15 is 0 Å². The molecule has 0 atom stereocenters. The molecule has 0 radical (unpaired) electrons. The van der Waals surface area contributed by atoms with Gasteiger partial charge < -0.3 is 10.3 Å². The molecule has 6 nitrogen and oxygen atoms in total. The molecule has 30 heavy (non-hydrogen) atoms. The van der Waals surface area contributed by atoms with Crippen molar-refractivity contribution in [3.8, 4) is 16.9 Å². The molecule has 2 aromatic carbocycles. The van der Waals surface area contributed by atoms with Gasteiger partial charge in [0, 0.05) is 18.8 Å². The summed E-state index contributed by atoms with van der Waals surface area (Å²) in [6.45, 7) is 0. The van der Waals surface area contributed by atoms with Gasteiger partial charge in [-0.05, 0) is 35.9 Å². The van der Waals surface area contributed by atoms with E-state index in [9.17, 15) is 22.8 Å². The topological polar surface area (TPSA) is 79.8 Å². The lowest BCUT2D eigenvalue weighted by Gasteiger charge is -2.06. The van der Waals surface area contributed by atoms with E-state index in [1.165, 1.54) is 37.5 Å². The van der Waals surface area contributed by atoms with E-state index in [1.54, 1.807) is 0 Å². The third kappa shape index (κ3) is 3.24. The maximum atomic E-state index is 14.7. The van der Waals surface area contributed by atoms with Crippen LogP contribution < -0.4 is 10.9 Å². The quantitative estimate of drug-likeness (QED) is 0.541. The van der Waals surface area contributed by atoms with Crippen LogP contribution >= 0.6 is 0 Å². The number of hydrogen-bond acceptors (Lipinski definition) is 3. The van der Waals surface area contributed by atoms with Crippen LogP contribution in [0.25, 0.3) is 27.8 Å². The molecule has 0 aliphatic heterocycles. The van der Waals surface area contributed by atoms with Crippen molar-refractivity contribution >= 4 is 16.8 Å². The van der Waals surface area contributed by atoms with Crippen molar-refractivity contribution in [1.29, 1.82) is 0 Å². The first kappa shape index (κ1) is 19.4. The molecule has 0 bridgehead atoms. The van der Waals surface area contributed by atoms with E-state index in [0.29, 0.717) is 5.56 Å². The highest BCUT2D eigenvalue weighted by molar-refractivity contribution is 5.94. The van der Waals surface area contributed by atoms with Gasteiger partial charge >= 0.3 is 0 Å². The summed E-state index contributed by atoms with van der Waals surface area (Å²) in [4.78, 5) is 26.7. The van der Waals surface area contributed by atoms with Crippen molar-refractivity contribution < 1.29 is 18.0 Å². The summed E-state index contributed by atoms with van der Waals surface area (Å²) in [5.74, 6) is -2.76. The van der Waals surface area contributed by atoms with Gasteiger partial charge in [0.05, 0.1) is 17.3 Å². The zero-order chi connectivity index (χ0) is 21.4. The molecule has 4 rings (SSSR count). The van der Waals surface area contributed by atoms with Gasteiger partial charge in [-0.2, -0.15) is 5.10 Å². The fraction of sp³-hybridized carbons (Fsp3) is 0.0952. The number of aromatic amines is 1. The average molecular weight is 412 g/mol. The monoisotopic (exact) mass is 412 g/mol. The number of benzene rings is 2. The Morgan fingerprint density at radius 3 is 2.53 bits per heavy atom. The van der Waals surface area contributed by atoms with Crippen molar-refractivity contribution in [3.05, 3.63) is 82.0 Å². The summed E-state index contributed by atoms with van der Waals surface area (Å²) in [5.41, 5.74) is -0.644. The van der Waals surface area contributed by atoms with E-state index in [4.69, 9.17) is 0 Å². The standard InChI is InChI=1S/C21H15F3N4O2/c1-25-17(29)10-11-5-6-13(22)12(9-11)19-18-16(7-8-26-21(18)30)28(27-19)20-14(23)3-2-4-15(20)24/h2-9H,10H2,1H3,(H,25,29)(H,26,30). The van der Waals surface area contributed by atoms with Gasteiger partial charge in [-0.3, -0.25) is 9.59 Å². The number of fused-ring (bicyclic) bond motifs is 1. The normalized spacial score (nSPS) is 11.1. The maximum Gasteiger partial charge on any atom is 0.259 e. The second-order valence-electron chi connectivity index (χ2n) is 6.56. The molecule has 2 aromatic heterocycles. The van der Waals surface area contributed by atoms with Crippen molar-refractivity contribution in [2.45, 2.75) is 6.42 Å². The molecule has 0 fully saturated rings. The predicted octanol–water partition coefficient (Wildman–Crippen LogP) is 3.09. The van der Waals surface area contributed by atoms with Crippen LogP contribution in [-0.2, 0) is 11.2 Å². The molecule has 2 N–H and O–H groups in total. The number of rotatable bonds is 4. The Balaban J connectivity index is 2.01. The molecule has 0 unspecified atom stereocenters. The van der Waals surface area contributed by atoms with Crippen LogP contribution in [0, 0.1) is 17.5 Å². The Labute approximate surface area is 168 Å². The molecule has 0 spiro atoms. The summed E-state index contributed by atoms with van der Waals surface area (Å²) in [6.07, 6.45) is 1.30. The second kappa shape index (κ2) is 7.51. The third-order valence-corrected chi connectivity index (χ3v) is 4.68. The molecule has 152 valence electrons. The van der Waals surface area contributed by atoms with Gasteiger partial charge in [0.15, 0.2) is 11.6 Å². The second-order valence-corrected chi connectivity index (χ2v) is 6.56. The molecule has 0 aliphatic rings. The highest BCUT2D eigenvalue weighted by Crippen LogP contribution is 2.31. The molecule has 9 heteroatoms. The first-order valence-electron chi connectivity index (χ1n) is 8.95. The summed E-state index contributed by atoms with van der Waals surface area (Å²) < 4.78 is 44.4. The fourth-order valence-electron chi connectivity index (χ4n) is 3.27. The van der Waals surface area contributed by atoms with Crippen molar-refractivity contribution in [3.63, 3.8) is 0 Å². The van der Waals surface area contributed by atoms with Crippen molar-refractivity contribution in [2.24, 2.45) is 0 Å². The number of carbonyl (C=O) groups is 1. The number of aromatic nitrogens is 3. The lowest BCUT2D eigenvalue weighted by atomic mass is 10.0. The van der Waals surface area contributed by atoms with Gasteiger partial charge in [-0.25, -0.2) is 17.9 Å². The Morgan fingerprint density at radius 1 is 1.10 bits per heavy atom. The number of halogens is 3. The van der Waals surface area contributed by atoms with Gasteiger partial charge in [-0.15, -0.1) is 0 Å². The Hall–Kier alpha value is -3.88. The minimum Gasteiger partial charge on any atom is -0.359 e. The van der Waals surface area contributed by atoms with Crippen LogP contribution in [0.1, 0.15) is 5.56 Å². The zero-order valence-electron chi connectivity index (χ0n) is 15.7. The van der Waals surface area contributed by atoms with Crippen LogP contribution in [0.4, 0.5) is 13.2 Å². The van der Waals surface area contributed by atoms with Crippen LogP contribution in [-0.4, -0.2) is 27.7 Å². The van der Waals surface area contributed by atoms with Gasteiger partial charge in [0.2, 0.25) is 5.91 Å². The van der Waals surface area contributed by atoms with Crippen LogP contribution in [0.2, 0.25) is 0 Å². The number of nitrogens with one attached hydrogen (secondary N) is 2. The number of amides is 1. The van der Waals surface area contributed by atoms with Crippen molar-refractivity contribution in [2.75, 3.05) is 7.05 Å². The summed E-state index contributed by atoms with van der Waals surface area (Å²) >= 11 is 0. The van der Waals surface area contributed by atoms with Crippen LogP contribution in [0.3, 0.4) is 0 Å². The Bertz CT molecular complexity index is 1320. The maximum absolute atomic E-state index is 14.7. The van der Waals surface area contributed by atoms with Gasteiger partial charge in [0.1, 0.15) is 17.2 Å². The third-order valence-electron chi connectivity index (χ3n) is 4.68. The van der Waals surface area contributed by atoms with Gasteiger partial charge in [-0.1, -0.05) is 12.1 Å². The minimum absolute atomic E-state index is 0.0132. The number of pyridine rings is 1. The summed E-state index contributed by atoms with van der Waals surface area (Å²) in [5, 5.41) is 6.63. The minimum atomic E-state index is -0.889.